The molecule has 3 atom stereocenters. The van der Waals surface area contributed by atoms with Crippen LogP contribution in [-0.4, -0.2) is 37.0 Å². The topological polar surface area (TPSA) is 55.8 Å². The molecule has 1 aliphatic rings. The Kier molecular flexibility index (Phi) is 6.98. The highest BCUT2D eigenvalue weighted by atomic mass is 16.5. The van der Waals surface area contributed by atoms with Crippen LogP contribution < -0.4 is 0 Å². The van der Waals surface area contributed by atoms with Crippen LogP contribution in [0.2, 0.25) is 0 Å². The Bertz CT molecular complexity index is 275. The first-order chi connectivity index (χ1) is 8.65. The van der Waals surface area contributed by atoms with Crippen molar-refractivity contribution in [2.24, 2.45) is 11.8 Å². The minimum atomic E-state index is -0.908. The van der Waals surface area contributed by atoms with Gasteiger partial charge in [0.1, 0.15) is 0 Å². The summed E-state index contributed by atoms with van der Waals surface area (Å²) < 4.78 is 10.7. The van der Waals surface area contributed by atoms with E-state index in [1.807, 2.05) is 0 Å². The van der Waals surface area contributed by atoms with Crippen LogP contribution in [0.5, 0.6) is 0 Å². The number of hydrogen-bond donors (Lipinski definition) is 1. The van der Waals surface area contributed by atoms with Crippen molar-refractivity contribution < 1.29 is 19.4 Å². The van der Waals surface area contributed by atoms with E-state index in [9.17, 15) is 4.79 Å². The Morgan fingerprint density at radius 3 is 2.78 bits per heavy atom. The summed E-state index contributed by atoms with van der Waals surface area (Å²) in [5.41, 5.74) is 0. The first kappa shape index (κ1) is 15.2. The second kappa shape index (κ2) is 8.27. The average Bonchev–Trinajstić information content (AvgIpc) is 2.35. The molecule has 18 heavy (non-hydrogen) atoms. The molecule has 0 spiro atoms. The molecule has 0 saturated carbocycles. The van der Waals surface area contributed by atoms with Crippen LogP contribution in [0.3, 0.4) is 0 Å². The predicted octanol–water partition coefficient (Wildman–Crippen LogP) is 2.49. The first-order valence-electron chi connectivity index (χ1n) is 6.72. The van der Waals surface area contributed by atoms with E-state index in [1.54, 1.807) is 6.92 Å². The van der Waals surface area contributed by atoms with Gasteiger partial charge in [-0.05, 0) is 31.6 Å². The minimum absolute atomic E-state index is 0.417. The molecule has 1 rings (SSSR count). The van der Waals surface area contributed by atoms with E-state index < -0.39 is 12.1 Å². The number of aliphatic carboxylic acids is 1. The van der Waals surface area contributed by atoms with Crippen molar-refractivity contribution in [1.82, 2.24) is 0 Å². The van der Waals surface area contributed by atoms with Gasteiger partial charge in [0.2, 0.25) is 0 Å². The molecule has 4 heteroatoms. The number of hydrogen-bond acceptors (Lipinski definition) is 3. The van der Waals surface area contributed by atoms with Gasteiger partial charge in [0.25, 0.3) is 0 Å². The van der Waals surface area contributed by atoms with Gasteiger partial charge in [-0.25, -0.2) is 4.79 Å². The summed E-state index contributed by atoms with van der Waals surface area (Å²) in [6.07, 6.45) is 6.28. The number of ether oxygens (including phenoxy) is 2. The van der Waals surface area contributed by atoms with Crippen LogP contribution in [0.15, 0.2) is 12.2 Å². The summed E-state index contributed by atoms with van der Waals surface area (Å²) in [6.45, 7) is 5.61. The number of rotatable bonds is 8. The molecule has 0 bridgehead atoms. The smallest absolute Gasteiger partial charge is 0.332 e. The van der Waals surface area contributed by atoms with Gasteiger partial charge >= 0.3 is 5.97 Å². The highest BCUT2D eigenvalue weighted by Gasteiger charge is 2.20. The molecule has 0 heterocycles. The van der Waals surface area contributed by atoms with Gasteiger partial charge in [-0.2, -0.15) is 0 Å². The van der Waals surface area contributed by atoms with E-state index in [4.69, 9.17) is 14.6 Å². The first-order valence-corrected chi connectivity index (χ1v) is 6.72. The zero-order valence-corrected chi connectivity index (χ0v) is 11.3. The van der Waals surface area contributed by atoms with E-state index in [1.165, 1.54) is 0 Å². The monoisotopic (exact) mass is 256 g/mol. The maximum atomic E-state index is 10.8. The third-order valence-corrected chi connectivity index (χ3v) is 3.42. The SMILES string of the molecule is CCOC(CCOCC1CC=CCC1C)C(=O)O. The van der Waals surface area contributed by atoms with Crippen molar-refractivity contribution in [3.63, 3.8) is 0 Å². The molecule has 4 nitrogen and oxygen atoms in total. The maximum Gasteiger partial charge on any atom is 0.332 e. The Hall–Kier alpha value is -0.870. The highest BCUT2D eigenvalue weighted by molar-refractivity contribution is 5.72. The second-order valence-corrected chi connectivity index (χ2v) is 4.83. The molecule has 0 aromatic rings. The van der Waals surface area contributed by atoms with Gasteiger partial charge < -0.3 is 14.6 Å². The van der Waals surface area contributed by atoms with Crippen molar-refractivity contribution in [2.75, 3.05) is 19.8 Å². The Morgan fingerprint density at radius 2 is 2.17 bits per heavy atom. The lowest BCUT2D eigenvalue weighted by atomic mass is 9.85. The fourth-order valence-corrected chi connectivity index (χ4v) is 2.14. The van der Waals surface area contributed by atoms with E-state index in [0.29, 0.717) is 38.1 Å². The van der Waals surface area contributed by atoms with Gasteiger partial charge in [0, 0.05) is 26.2 Å². The molecule has 0 fully saturated rings. The van der Waals surface area contributed by atoms with Crippen molar-refractivity contribution in [3.05, 3.63) is 12.2 Å². The zero-order chi connectivity index (χ0) is 13.4. The molecule has 0 aliphatic heterocycles. The molecule has 0 aromatic heterocycles. The molecule has 0 radical (unpaired) electrons. The average molecular weight is 256 g/mol. The van der Waals surface area contributed by atoms with Crippen molar-refractivity contribution >= 4 is 5.97 Å². The normalized spacial score (nSPS) is 25.0. The van der Waals surface area contributed by atoms with Gasteiger partial charge in [-0.3, -0.25) is 0 Å². The van der Waals surface area contributed by atoms with Crippen LogP contribution in [-0.2, 0) is 14.3 Å². The zero-order valence-electron chi connectivity index (χ0n) is 11.3. The Labute approximate surface area is 109 Å². The fraction of sp³-hybridized carbons (Fsp3) is 0.786. The molecule has 104 valence electrons. The lowest BCUT2D eigenvalue weighted by Crippen LogP contribution is -2.26. The van der Waals surface area contributed by atoms with Crippen LogP contribution in [0.4, 0.5) is 0 Å². The number of allylic oxidation sites excluding steroid dienone is 2. The van der Waals surface area contributed by atoms with E-state index in [0.717, 1.165) is 12.8 Å². The molecule has 0 saturated heterocycles. The van der Waals surface area contributed by atoms with Gasteiger partial charge in [0.15, 0.2) is 6.10 Å². The van der Waals surface area contributed by atoms with Crippen LogP contribution in [0.25, 0.3) is 0 Å². The summed E-state index contributed by atoms with van der Waals surface area (Å²) in [7, 11) is 0. The molecule has 0 amide bonds. The van der Waals surface area contributed by atoms with Gasteiger partial charge in [-0.1, -0.05) is 19.1 Å². The predicted molar refractivity (Wildman–Crippen MR) is 69.5 cm³/mol. The third-order valence-electron chi connectivity index (χ3n) is 3.42. The van der Waals surface area contributed by atoms with Crippen LogP contribution in [0, 0.1) is 11.8 Å². The highest BCUT2D eigenvalue weighted by Crippen LogP contribution is 2.25. The molecule has 0 aromatic carbocycles. The van der Waals surface area contributed by atoms with Crippen molar-refractivity contribution in [1.29, 1.82) is 0 Å². The summed E-state index contributed by atoms with van der Waals surface area (Å²) in [4.78, 5) is 10.8. The summed E-state index contributed by atoms with van der Waals surface area (Å²) in [5.74, 6) is 0.303. The lowest BCUT2D eigenvalue weighted by molar-refractivity contribution is -0.151. The van der Waals surface area contributed by atoms with Gasteiger partial charge in [-0.15, -0.1) is 0 Å². The molecule has 1 aliphatic carbocycles. The second-order valence-electron chi connectivity index (χ2n) is 4.83. The summed E-state index contributed by atoms with van der Waals surface area (Å²) in [5, 5.41) is 8.90. The lowest BCUT2D eigenvalue weighted by Gasteiger charge is -2.25. The molecule has 1 N–H and O–H groups in total. The van der Waals surface area contributed by atoms with Crippen LogP contribution in [0.1, 0.15) is 33.1 Å². The summed E-state index contributed by atoms with van der Waals surface area (Å²) in [6, 6.07) is 0. The largest absolute Gasteiger partial charge is 0.479 e. The van der Waals surface area contributed by atoms with E-state index in [-0.39, 0.29) is 0 Å². The standard InChI is InChI=1S/C14H24O4/c1-3-18-13(14(15)16)8-9-17-10-12-7-5-4-6-11(12)2/h4-5,11-13H,3,6-10H2,1-2H3,(H,15,16). The van der Waals surface area contributed by atoms with Crippen LogP contribution >= 0.6 is 0 Å². The molecule has 3 unspecified atom stereocenters. The Morgan fingerprint density at radius 1 is 1.44 bits per heavy atom. The molecular formula is C14H24O4. The minimum Gasteiger partial charge on any atom is -0.479 e. The van der Waals surface area contributed by atoms with Gasteiger partial charge in [0.05, 0.1) is 0 Å². The van der Waals surface area contributed by atoms with Crippen molar-refractivity contribution in [3.8, 4) is 0 Å². The van der Waals surface area contributed by atoms with Crippen molar-refractivity contribution in [2.45, 2.75) is 39.2 Å². The number of carbonyl (C=O) groups is 1. The fourth-order valence-electron chi connectivity index (χ4n) is 2.14. The molecular weight excluding hydrogens is 232 g/mol. The third kappa shape index (κ3) is 5.19. The number of carboxylic acids is 1. The quantitative estimate of drug-likeness (QED) is 0.535. The summed E-state index contributed by atoms with van der Waals surface area (Å²) >= 11 is 0. The number of carboxylic acid groups (broad SMARTS) is 1. The van der Waals surface area contributed by atoms with E-state index in [2.05, 4.69) is 19.1 Å². The Balaban J connectivity index is 2.17. The van der Waals surface area contributed by atoms with E-state index >= 15 is 0 Å². The maximum absolute atomic E-state index is 10.8.